The third-order valence-corrected chi connectivity index (χ3v) is 61.1. The molecule has 0 saturated heterocycles. The van der Waals surface area contributed by atoms with Crippen LogP contribution in [0.5, 0.6) is 0 Å². The van der Waals surface area contributed by atoms with Crippen molar-refractivity contribution < 1.29 is 0 Å². The molecule has 13 heavy (non-hydrogen) atoms. The minimum absolute atomic E-state index is 0.881. The second-order valence-corrected chi connectivity index (χ2v) is 45.4. The summed E-state index contributed by atoms with van der Waals surface area (Å²) in [5.74, 6) is 7.89. The molecule has 0 aliphatic heterocycles. The molecular weight excluding hydrogens is 340 g/mol. The first-order chi connectivity index (χ1) is 5.37. The van der Waals surface area contributed by atoms with Crippen LogP contribution in [0.3, 0.4) is 0 Å². The number of rotatable bonds is 3. The van der Waals surface area contributed by atoms with Crippen molar-refractivity contribution in [2.45, 2.75) is 54.1 Å². The Kier molecular flexibility index (Phi) is 4.71. The van der Waals surface area contributed by atoms with E-state index in [2.05, 4.69) is 51.7 Å². The summed E-state index contributed by atoms with van der Waals surface area (Å²) in [6.07, 6.45) is 0. The van der Waals surface area contributed by atoms with Gasteiger partial charge in [-0.3, -0.25) is 0 Å². The molecule has 0 fully saturated rings. The summed E-state index contributed by atoms with van der Waals surface area (Å²) < 4.78 is 1.27. The van der Waals surface area contributed by atoms with Crippen molar-refractivity contribution in [3.8, 4) is 0 Å². The summed E-state index contributed by atoms with van der Waals surface area (Å²) >= 11 is -3.06. The molecule has 0 aliphatic carbocycles. The molecule has 0 bridgehead atoms. The van der Waals surface area contributed by atoms with Crippen LogP contribution in [0.25, 0.3) is 0 Å². The van der Waals surface area contributed by atoms with E-state index in [4.69, 9.17) is 0 Å². The van der Waals surface area contributed by atoms with E-state index in [-0.39, 0.29) is 0 Å². The first-order valence-corrected chi connectivity index (χ1v) is 26.7. The standard InChI is InChI=1S/C7H19GeSi.3CH3.Sn/c1-8(2,3)7-9(4,5)6;;;;/h7H,1-6H3;3*1H3;. The van der Waals surface area contributed by atoms with Crippen LogP contribution in [0, 0.1) is 0 Å². The molecule has 0 aromatic heterocycles. The van der Waals surface area contributed by atoms with Gasteiger partial charge in [0.2, 0.25) is 0 Å². The Morgan fingerprint density at radius 3 is 1.23 bits per heavy atom. The number of hydrogen-bond acceptors (Lipinski definition) is 0. The van der Waals surface area contributed by atoms with Gasteiger partial charge in [0.25, 0.3) is 0 Å². The van der Waals surface area contributed by atoms with Gasteiger partial charge in [-0.2, -0.15) is 0 Å². The van der Waals surface area contributed by atoms with Gasteiger partial charge >= 0.3 is 93.8 Å². The van der Waals surface area contributed by atoms with Crippen LogP contribution in [0.15, 0.2) is 0 Å². The fourth-order valence-corrected chi connectivity index (χ4v) is 91.7. The van der Waals surface area contributed by atoms with Gasteiger partial charge < -0.3 is 0 Å². The van der Waals surface area contributed by atoms with Crippen LogP contribution < -0.4 is 0 Å². The van der Waals surface area contributed by atoms with Crippen LogP contribution in [0.1, 0.15) is 0 Å². The van der Waals surface area contributed by atoms with Crippen molar-refractivity contribution in [2.24, 2.45) is 0 Å². The zero-order chi connectivity index (χ0) is 11.1. The van der Waals surface area contributed by atoms with E-state index in [1.165, 1.54) is 2.39 Å². The molecule has 0 aromatic rings. The third kappa shape index (κ3) is 4.74. The molecular formula is C10H28GeSiSn. The van der Waals surface area contributed by atoms with Gasteiger partial charge in [0.1, 0.15) is 0 Å². The summed E-state index contributed by atoms with van der Waals surface area (Å²) in [6, 6.07) is 0. The Balaban J connectivity index is 5.02. The van der Waals surface area contributed by atoms with E-state index in [0.29, 0.717) is 0 Å². The minimum atomic E-state index is -1.65. The normalized spacial score (nSPS) is 17.3. The van der Waals surface area contributed by atoms with Crippen LogP contribution in [0.4, 0.5) is 0 Å². The molecule has 0 radical (unpaired) electrons. The van der Waals surface area contributed by atoms with Crippen LogP contribution in [-0.2, 0) is 0 Å². The molecule has 0 saturated carbocycles. The number of hydrogen-bond donors (Lipinski definition) is 0. The zero-order valence-electron chi connectivity index (χ0n) is 11.1. The summed E-state index contributed by atoms with van der Waals surface area (Å²) in [6.45, 7) is 7.78. The Labute approximate surface area is 93.1 Å². The van der Waals surface area contributed by atoms with Crippen molar-refractivity contribution in [2.75, 3.05) is 0 Å². The van der Waals surface area contributed by atoms with Gasteiger partial charge in [-0.25, -0.2) is 0 Å². The molecule has 0 aromatic carbocycles. The summed E-state index contributed by atoms with van der Waals surface area (Å²) in [5, 5.41) is 0. The fraction of sp³-hybridized carbons (Fsp3) is 1.00. The second kappa shape index (κ2) is 4.20. The first kappa shape index (κ1) is 14.6. The van der Waals surface area contributed by atoms with Gasteiger partial charge in [-0.05, 0) is 0 Å². The molecule has 3 heteroatoms. The molecule has 1 atom stereocenters. The van der Waals surface area contributed by atoms with Gasteiger partial charge in [-0.1, -0.05) is 0 Å². The average Bonchev–Trinajstić information content (AvgIpc) is 1.44. The Morgan fingerprint density at radius 2 is 1.23 bits per heavy atom. The molecule has 0 nitrogen and oxygen atoms in total. The maximum atomic E-state index is 2.65. The molecule has 0 rings (SSSR count). The van der Waals surface area contributed by atoms with Crippen molar-refractivity contribution in [1.29, 1.82) is 0 Å². The first-order valence-electron chi connectivity index (χ1n) is 5.37. The summed E-state index contributed by atoms with van der Waals surface area (Å²) in [7, 11) is -0.881. The molecule has 80 valence electrons. The molecule has 0 amide bonds. The van der Waals surface area contributed by atoms with Crippen LogP contribution >= 0.6 is 0 Å². The van der Waals surface area contributed by atoms with Crippen molar-refractivity contribution in [3.05, 3.63) is 0 Å². The Hall–Kier alpha value is 1.56. The van der Waals surface area contributed by atoms with E-state index in [0.717, 1.165) is 0 Å². The van der Waals surface area contributed by atoms with E-state index in [1.54, 1.807) is 0 Å². The van der Waals surface area contributed by atoms with Crippen LogP contribution in [0.2, 0.25) is 54.1 Å². The predicted octanol–water partition coefficient (Wildman–Crippen LogP) is 4.45. The Morgan fingerprint density at radius 1 is 0.923 bits per heavy atom. The maximum absolute atomic E-state index is 2.65. The monoisotopic (exact) mass is 370 g/mol. The van der Waals surface area contributed by atoms with Crippen LogP contribution in [-0.4, -0.2) is 39.7 Å². The van der Waals surface area contributed by atoms with E-state index in [1.807, 2.05) is 0 Å². The SMILES string of the molecule is C[Si](C)(C)[CH]([Ge]([CH3])([CH3])[CH3])[Sn]([CH3])([CH3])[CH3]. The second-order valence-electron chi connectivity index (χ2n) is 7.53. The van der Waals surface area contributed by atoms with Gasteiger partial charge in [0.05, 0.1) is 0 Å². The van der Waals surface area contributed by atoms with Gasteiger partial charge in [0.15, 0.2) is 0 Å². The third-order valence-electron chi connectivity index (χ3n) is 2.60. The predicted molar refractivity (Wildman–Crippen MR) is 73.8 cm³/mol. The fourth-order valence-electron chi connectivity index (χ4n) is 3.90. The molecule has 1 unspecified atom stereocenters. The summed E-state index contributed by atoms with van der Waals surface area (Å²) in [4.78, 5) is 7.94. The van der Waals surface area contributed by atoms with Crippen molar-refractivity contribution >= 4 is 39.7 Å². The van der Waals surface area contributed by atoms with Gasteiger partial charge in [0, 0.05) is 0 Å². The summed E-state index contributed by atoms with van der Waals surface area (Å²) in [5.41, 5.74) is 0. The molecule has 0 N–H and O–H groups in total. The molecule has 0 aliphatic rings. The topological polar surface area (TPSA) is 0 Å². The van der Waals surface area contributed by atoms with E-state index in [9.17, 15) is 0 Å². The van der Waals surface area contributed by atoms with Crippen molar-refractivity contribution in [3.63, 3.8) is 0 Å². The van der Waals surface area contributed by atoms with E-state index >= 15 is 0 Å². The molecule has 0 heterocycles. The zero-order valence-corrected chi connectivity index (χ0v) is 17.0. The van der Waals surface area contributed by atoms with E-state index < -0.39 is 39.7 Å². The molecule has 0 spiro atoms. The quantitative estimate of drug-likeness (QED) is 0.647. The average molecular weight is 368 g/mol. The Bertz CT molecular complexity index is 138. The van der Waals surface area contributed by atoms with Gasteiger partial charge in [-0.15, -0.1) is 0 Å². The van der Waals surface area contributed by atoms with Crippen molar-refractivity contribution in [1.82, 2.24) is 0 Å².